The number of aryl methyl sites for hydroxylation is 1. The Hall–Kier alpha value is -1.09. The van der Waals surface area contributed by atoms with Crippen molar-refractivity contribution in [2.45, 2.75) is 25.7 Å². The molecule has 3 rings (SSSR count). The van der Waals surface area contributed by atoms with Gasteiger partial charge >= 0.3 is 0 Å². The molecule has 0 radical (unpaired) electrons. The molecule has 0 atom stereocenters. The predicted octanol–water partition coefficient (Wildman–Crippen LogP) is 3.90. The summed E-state index contributed by atoms with van der Waals surface area (Å²) >= 11 is 0. The van der Waals surface area contributed by atoms with E-state index in [2.05, 4.69) is 47.4 Å². The first-order chi connectivity index (χ1) is 10.4. The van der Waals surface area contributed by atoms with Crippen LogP contribution in [0.1, 0.15) is 24.8 Å². The van der Waals surface area contributed by atoms with Gasteiger partial charge in [0.05, 0.1) is 6.61 Å². The second-order valence-electron chi connectivity index (χ2n) is 6.19. The zero-order valence-corrected chi connectivity index (χ0v) is 13.9. The number of nitrogens with zero attached hydrogens (tertiary/aromatic N) is 1. The van der Waals surface area contributed by atoms with Crippen molar-refractivity contribution in [2.24, 2.45) is 5.92 Å². The molecule has 1 fully saturated rings. The van der Waals surface area contributed by atoms with Gasteiger partial charge in [-0.3, -0.25) is 0 Å². The van der Waals surface area contributed by atoms with Crippen LogP contribution in [0.2, 0.25) is 0 Å². The Morgan fingerprint density at radius 3 is 2.50 bits per heavy atom. The smallest absolute Gasteiger partial charge is 0.0558 e. The van der Waals surface area contributed by atoms with E-state index in [0.29, 0.717) is 6.61 Å². The van der Waals surface area contributed by atoms with Crippen molar-refractivity contribution in [1.29, 1.82) is 0 Å². The van der Waals surface area contributed by atoms with Crippen LogP contribution in [0.4, 0.5) is 0 Å². The number of hydrogen-bond acceptors (Lipinski definition) is 2. The molecule has 1 aliphatic heterocycles. The SMILES string of the molecule is Cl.OCCN1CCC(CCc2cccc3ccccc23)CC1. The lowest BCUT2D eigenvalue weighted by Gasteiger charge is -2.31. The summed E-state index contributed by atoms with van der Waals surface area (Å²) in [6.45, 7) is 3.44. The number of fused-ring (bicyclic) bond motifs is 1. The molecule has 0 amide bonds. The normalized spacial score (nSPS) is 16.6. The van der Waals surface area contributed by atoms with E-state index >= 15 is 0 Å². The predicted molar refractivity (Wildman–Crippen MR) is 95.8 cm³/mol. The molecule has 0 aliphatic carbocycles. The van der Waals surface area contributed by atoms with Crippen LogP contribution in [0, 0.1) is 5.92 Å². The monoisotopic (exact) mass is 319 g/mol. The van der Waals surface area contributed by atoms with E-state index in [4.69, 9.17) is 5.11 Å². The first-order valence-corrected chi connectivity index (χ1v) is 8.16. The molecule has 1 heterocycles. The van der Waals surface area contributed by atoms with Gasteiger partial charge in [-0.2, -0.15) is 0 Å². The van der Waals surface area contributed by atoms with Crippen molar-refractivity contribution in [3.63, 3.8) is 0 Å². The van der Waals surface area contributed by atoms with Gasteiger partial charge in [-0.15, -0.1) is 12.4 Å². The lowest BCUT2D eigenvalue weighted by atomic mass is 9.89. The van der Waals surface area contributed by atoms with Crippen molar-refractivity contribution in [3.05, 3.63) is 48.0 Å². The fourth-order valence-electron chi connectivity index (χ4n) is 3.51. The summed E-state index contributed by atoms with van der Waals surface area (Å²) in [6.07, 6.45) is 5.04. The minimum absolute atomic E-state index is 0. The Morgan fingerprint density at radius 2 is 1.73 bits per heavy atom. The van der Waals surface area contributed by atoms with Crippen LogP contribution in [-0.4, -0.2) is 36.2 Å². The Labute approximate surface area is 139 Å². The number of β-amino-alcohol motifs (C(OH)–C–C–N with tert-alkyl or cyclic N) is 1. The Bertz CT molecular complexity index is 573. The number of rotatable bonds is 5. The van der Waals surface area contributed by atoms with Crippen molar-refractivity contribution >= 4 is 23.2 Å². The second-order valence-corrected chi connectivity index (χ2v) is 6.19. The van der Waals surface area contributed by atoms with Crippen LogP contribution in [0.3, 0.4) is 0 Å². The first-order valence-electron chi connectivity index (χ1n) is 8.16. The number of aliphatic hydroxyl groups excluding tert-OH is 1. The van der Waals surface area contributed by atoms with E-state index in [-0.39, 0.29) is 12.4 Å². The topological polar surface area (TPSA) is 23.5 Å². The zero-order valence-electron chi connectivity index (χ0n) is 13.1. The summed E-state index contributed by atoms with van der Waals surface area (Å²) in [5.74, 6) is 0.846. The van der Waals surface area contributed by atoms with Gasteiger partial charge in [0.1, 0.15) is 0 Å². The summed E-state index contributed by atoms with van der Waals surface area (Å²) < 4.78 is 0. The van der Waals surface area contributed by atoms with Crippen LogP contribution in [0.15, 0.2) is 42.5 Å². The standard InChI is InChI=1S/C19H25NO.ClH/c21-15-14-20-12-10-16(11-13-20)8-9-18-6-3-5-17-4-1-2-7-19(17)18;/h1-7,16,21H,8-15H2;1H. The number of benzene rings is 2. The number of halogens is 1. The van der Waals surface area contributed by atoms with E-state index in [1.807, 2.05) is 0 Å². The maximum atomic E-state index is 9.00. The van der Waals surface area contributed by atoms with Gasteiger partial charge in [0.2, 0.25) is 0 Å². The average Bonchev–Trinajstić information content (AvgIpc) is 2.54. The molecule has 0 saturated carbocycles. The number of piperidine rings is 1. The van der Waals surface area contributed by atoms with Crippen LogP contribution >= 0.6 is 12.4 Å². The highest BCUT2D eigenvalue weighted by atomic mass is 35.5. The summed E-state index contributed by atoms with van der Waals surface area (Å²) in [5, 5.41) is 11.8. The van der Waals surface area contributed by atoms with E-state index in [9.17, 15) is 0 Å². The van der Waals surface area contributed by atoms with Gasteiger partial charge in [-0.05, 0) is 61.0 Å². The van der Waals surface area contributed by atoms with Gasteiger partial charge in [-0.1, -0.05) is 42.5 Å². The van der Waals surface area contributed by atoms with Crippen LogP contribution in [-0.2, 0) is 6.42 Å². The highest BCUT2D eigenvalue weighted by Crippen LogP contribution is 2.25. The Morgan fingerprint density at radius 1 is 1.00 bits per heavy atom. The number of aliphatic hydroxyl groups is 1. The van der Waals surface area contributed by atoms with Crippen LogP contribution < -0.4 is 0 Å². The quantitative estimate of drug-likeness (QED) is 0.903. The van der Waals surface area contributed by atoms with E-state index in [0.717, 1.165) is 25.6 Å². The molecule has 1 aliphatic rings. The van der Waals surface area contributed by atoms with Gasteiger partial charge < -0.3 is 10.0 Å². The fraction of sp³-hybridized carbons (Fsp3) is 0.474. The molecule has 3 heteroatoms. The van der Waals surface area contributed by atoms with Crippen molar-refractivity contribution < 1.29 is 5.11 Å². The molecular formula is C19H26ClNO. The molecule has 0 spiro atoms. The Kier molecular flexibility index (Phi) is 6.69. The molecule has 120 valence electrons. The molecular weight excluding hydrogens is 294 g/mol. The molecule has 1 N–H and O–H groups in total. The molecule has 22 heavy (non-hydrogen) atoms. The lowest BCUT2D eigenvalue weighted by molar-refractivity contribution is 0.145. The maximum absolute atomic E-state index is 9.00. The molecule has 0 aromatic heterocycles. The highest BCUT2D eigenvalue weighted by molar-refractivity contribution is 5.86. The minimum Gasteiger partial charge on any atom is -0.395 e. The summed E-state index contributed by atoms with van der Waals surface area (Å²) in [4.78, 5) is 2.38. The number of likely N-dealkylation sites (tertiary alicyclic amines) is 1. The molecule has 2 aromatic carbocycles. The summed E-state index contributed by atoms with van der Waals surface area (Å²) in [5.41, 5.74) is 1.49. The Balaban J connectivity index is 0.00000176. The van der Waals surface area contributed by atoms with Gasteiger partial charge in [0, 0.05) is 6.54 Å². The van der Waals surface area contributed by atoms with Gasteiger partial charge in [0.15, 0.2) is 0 Å². The third-order valence-electron chi connectivity index (χ3n) is 4.83. The van der Waals surface area contributed by atoms with Crippen molar-refractivity contribution in [2.75, 3.05) is 26.2 Å². The van der Waals surface area contributed by atoms with Gasteiger partial charge in [0.25, 0.3) is 0 Å². The van der Waals surface area contributed by atoms with E-state index in [1.54, 1.807) is 0 Å². The largest absolute Gasteiger partial charge is 0.395 e. The van der Waals surface area contributed by atoms with Gasteiger partial charge in [-0.25, -0.2) is 0 Å². The van der Waals surface area contributed by atoms with E-state index < -0.39 is 0 Å². The molecule has 2 nitrogen and oxygen atoms in total. The summed E-state index contributed by atoms with van der Waals surface area (Å²) in [7, 11) is 0. The fourth-order valence-corrected chi connectivity index (χ4v) is 3.51. The molecule has 1 saturated heterocycles. The minimum atomic E-state index is 0. The lowest BCUT2D eigenvalue weighted by Crippen LogP contribution is -2.35. The van der Waals surface area contributed by atoms with Crippen LogP contribution in [0.25, 0.3) is 10.8 Å². The number of hydrogen-bond donors (Lipinski definition) is 1. The third-order valence-corrected chi connectivity index (χ3v) is 4.83. The van der Waals surface area contributed by atoms with Crippen molar-refractivity contribution in [1.82, 2.24) is 4.90 Å². The first kappa shape index (κ1) is 17.3. The van der Waals surface area contributed by atoms with E-state index in [1.165, 1.54) is 42.0 Å². The highest BCUT2D eigenvalue weighted by Gasteiger charge is 2.18. The zero-order chi connectivity index (χ0) is 14.5. The van der Waals surface area contributed by atoms with Crippen LogP contribution in [0.5, 0.6) is 0 Å². The second kappa shape index (κ2) is 8.52. The molecule has 0 unspecified atom stereocenters. The van der Waals surface area contributed by atoms with Crippen molar-refractivity contribution in [3.8, 4) is 0 Å². The third kappa shape index (κ3) is 4.22. The molecule has 0 bridgehead atoms. The maximum Gasteiger partial charge on any atom is 0.0558 e. The summed E-state index contributed by atoms with van der Waals surface area (Å²) in [6, 6.07) is 15.4. The average molecular weight is 320 g/mol. The molecule has 2 aromatic rings.